The molecular formula is C66H127NO8. The van der Waals surface area contributed by atoms with Crippen LogP contribution in [0.3, 0.4) is 0 Å². The van der Waals surface area contributed by atoms with E-state index in [1.807, 2.05) is 21.1 Å². The molecule has 0 aromatic rings. The van der Waals surface area contributed by atoms with E-state index in [1.54, 1.807) is 0 Å². The highest BCUT2D eigenvalue weighted by Gasteiger charge is 2.22. The third kappa shape index (κ3) is 59.5. The van der Waals surface area contributed by atoms with Gasteiger partial charge in [-0.25, -0.2) is 0 Å². The molecule has 0 aliphatic carbocycles. The Bertz CT molecular complexity index is 1240. The number of nitrogens with zero attached hydrogens (tertiary/aromatic N) is 1. The standard InChI is InChI=1S/C66H127NO8/c1-6-8-10-12-14-16-17-18-19-20-21-22-23-24-25-26-27-28-29-30-31-32-33-34-35-36-37-38-39-40-41-42-43-44-45-46-47-49-51-53-55-57-64(69)75-62(61-74-66(65(70)71)72-59-58-67(3,4)5)60-73-63(68)56-54-52-50-48-15-13-11-9-7-2/h20-21,62,66H,6-19,22-61H2,1-5H3/b21-20-. The van der Waals surface area contributed by atoms with E-state index < -0.39 is 24.3 Å². The molecule has 0 radical (unpaired) electrons. The minimum absolute atomic E-state index is 0.152. The highest BCUT2D eigenvalue weighted by Crippen LogP contribution is 2.18. The molecule has 0 aliphatic rings. The molecule has 0 heterocycles. The fourth-order valence-electron chi connectivity index (χ4n) is 9.95. The zero-order valence-corrected chi connectivity index (χ0v) is 50.7. The number of likely N-dealkylation sites (N-methyl/N-ethyl adjacent to an activating group) is 1. The summed E-state index contributed by atoms with van der Waals surface area (Å²) in [6.45, 7) is 4.77. The van der Waals surface area contributed by atoms with Crippen LogP contribution in [0.1, 0.15) is 335 Å². The van der Waals surface area contributed by atoms with Gasteiger partial charge in [-0.2, -0.15) is 0 Å². The number of carboxylic acid groups (broad SMARTS) is 1. The van der Waals surface area contributed by atoms with Gasteiger partial charge in [-0.1, -0.05) is 296 Å². The van der Waals surface area contributed by atoms with Crippen molar-refractivity contribution in [2.75, 3.05) is 47.5 Å². The van der Waals surface area contributed by atoms with Crippen molar-refractivity contribution in [3.63, 3.8) is 0 Å². The molecule has 0 fully saturated rings. The lowest BCUT2D eigenvalue weighted by atomic mass is 10.0. The molecule has 0 aliphatic heterocycles. The first-order valence-electron chi connectivity index (χ1n) is 32.8. The Kier molecular flexibility index (Phi) is 56.7. The van der Waals surface area contributed by atoms with E-state index in [1.165, 1.54) is 270 Å². The third-order valence-corrected chi connectivity index (χ3v) is 15.0. The summed E-state index contributed by atoms with van der Waals surface area (Å²) >= 11 is 0. The molecule has 0 bridgehead atoms. The Morgan fingerprint density at radius 2 is 0.680 bits per heavy atom. The molecule has 75 heavy (non-hydrogen) atoms. The number of hydrogen-bond acceptors (Lipinski definition) is 8. The zero-order valence-electron chi connectivity index (χ0n) is 50.7. The summed E-state index contributed by atoms with van der Waals surface area (Å²) in [6.07, 6.45) is 66.3. The molecule has 0 aromatic carbocycles. The number of unbranched alkanes of at least 4 members (excludes halogenated alkanes) is 45. The molecule has 9 heteroatoms. The minimum atomic E-state index is -1.61. The molecule has 0 spiro atoms. The van der Waals surface area contributed by atoms with Crippen LogP contribution in [0.25, 0.3) is 0 Å². The maximum absolute atomic E-state index is 12.8. The van der Waals surface area contributed by atoms with E-state index >= 15 is 0 Å². The third-order valence-electron chi connectivity index (χ3n) is 15.0. The predicted molar refractivity (Wildman–Crippen MR) is 316 cm³/mol. The molecule has 2 unspecified atom stereocenters. The number of esters is 2. The van der Waals surface area contributed by atoms with Crippen molar-refractivity contribution >= 4 is 17.9 Å². The van der Waals surface area contributed by atoms with Crippen LogP contribution in [0.5, 0.6) is 0 Å². The molecule has 0 amide bonds. The maximum atomic E-state index is 12.8. The average molecular weight is 1060 g/mol. The second-order valence-electron chi connectivity index (χ2n) is 23.8. The van der Waals surface area contributed by atoms with E-state index in [0.29, 0.717) is 17.4 Å². The summed E-state index contributed by atoms with van der Waals surface area (Å²) in [5, 5.41) is 11.7. The Balaban J connectivity index is 3.79. The van der Waals surface area contributed by atoms with Crippen LogP contribution in [-0.2, 0) is 33.3 Å². The van der Waals surface area contributed by atoms with Crippen LogP contribution in [-0.4, -0.2) is 82.3 Å². The molecule has 0 N–H and O–H groups in total. The smallest absolute Gasteiger partial charge is 0.306 e. The summed E-state index contributed by atoms with van der Waals surface area (Å²) in [4.78, 5) is 37.1. The summed E-state index contributed by atoms with van der Waals surface area (Å²) < 4.78 is 22.6. The molecular weight excluding hydrogens is 935 g/mol. The van der Waals surface area contributed by atoms with Gasteiger partial charge in [0.2, 0.25) is 0 Å². The minimum Gasteiger partial charge on any atom is -0.545 e. The van der Waals surface area contributed by atoms with E-state index in [2.05, 4.69) is 26.0 Å². The van der Waals surface area contributed by atoms with Crippen molar-refractivity contribution in [3.8, 4) is 0 Å². The normalized spacial score (nSPS) is 12.7. The van der Waals surface area contributed by atoms with Crippen molar-refractivity contribution in [1.29, 1.82) is 0 Å². The fraction of sp³-hybridized carbons (Fsp3) is 0.924. The first kappa shape index (κ1) is 73.0. The number of quaternary nitrogens is 1. The molecule has 0 rings (SSSR count). The number of rotatable bonds is 62. The first-order chi connectivity index (χ1) is 36.6. The van der Waals surface area contributed by atoms with Crippen molar-refractivity contribution in [2.24, 2.45) is 0 Å². The number of carbonyl (C=O) groups is 3. The lowest BCUT2D eigenvalue weighted by Crippen LogP contribution is -2.44. The highest BCUT2D eigenvalue weighted by atomic mass is 16.7. The summed E-state index contributed by atoms with van der Waals surface area (Å²) in [5.74, 6) is -2.26. The molecule has 0 saturated heterocycles. The van der Waals surface area contributed by atoms with Crippen LogP contribution in [0, 0.1) is 0 Å². The monoisotopic (exact) mass is 1060 g/mol. The summed E-state index contributed by atoms with van der Waals surface area (Å²) in [6, 6.07) is 0. The second kappa shape index (κ2) is 58.2. The topological polar surface area (TPSA) is 111 Å². The van der Waals surface area contributed by atoms with Gasteiger partial charge in [0.15, 0.2) is 12.4 Å². The largest absolute Gasteiger partial charge is 0.545 e. The van der Waals surface area contributed by atoms with Crippen molar-refractivity contribution in [1.82, 2.24) is 0 Å². The summed E-state index contributed by atoms with van der Waals surface area (Å²) in [5.41, 5.74) is 0. The number of carbonyl (C=O) groups excluding carboxylic acids is 3. The molecule has 2 atom stereocenters. The van der Waals surface area contributed by atoms with Crippen LogP contribution in [0.2, 0.25) is 0 Å². The van der Waals surface area contributed by atoms with Gasteiger partial charge in [-0.15, -0.1) is 0 Å². The van der Waals surface area contributed by atoms with Crippen molar-refractivity contribution < 1.29 is 42.9 Å². The van der Waals surface area contributed by atoms with Gasteiger partial charge in [0.25, 0.3) is 0 Å². The van der Waals surface area contributed by atoms with Crippen molar-refractivity contribution in [3.05, 3.63) is 12.2 Å². The summed E-state index contributed by atoms with van der Waals surface area (Å²) in [7, 11) is 5.93. The van der Waals surface area contributed by atoms with Gasteiger partial charge in [0.1, 0.15) is 13.2 Å². The van der Waals surface area contributed by atoms with E-state index in [9.17, 15) is 19.5 Å². The predicted octanol–water partition coefficient (Wildman–Crippen LogP) is 18.4. The van der Waals surface area contributed by atoms with Gasteiger partial charge in [0.05, 0.1) is 40.3 Å². The van der Waals surface area contributed by atoms with Gasteiger partial charge in [-0.05, 0) is 38.5 Å². The molecule has 9 nitrogen and oxygen atoms in total. The van der Waals surface area contributed by atoms with Crippen LogP contribution in [0.15, 0.2) is 12.2 Å². The van der Waals surface area contributed by atoms with E-state index in [4.69, 9.17) is 18.9 Å². The molecule has 444 valence electrons. The lowest BCUT2D eigenvalue weighted by molar-refractivity contribution is -0.870. The van der Waals surface area contributed by atoms with Crippen molar-refractivity contribution in [2.45, 2.75) is 347 Å². The lowest BCUT2D eigenvalue weighted by Gasteiger charge is -2.26. The highest BCUT2D eigenvalue weighted by molar-refractivity contribution is 5.70. The van der Waals surface area contributed by atoms with Gasteiger partial charge in [-0.3, -0.25) is 9.59 Å². The Morgan fingerprint density at radius 1 is 0.387 bits per heavy atom. The zero-order chi connectivity index (χ0) is 54.8. The Labute approximate surface area is 465 Å². The van der Waals surface area contributed by atoms with E-state index in [0.717, 1.165) is 38.5 Å². The number of ether oxygens (including phenoxy) is 4. The number of allylic oxidation sites excluding steroid dienone is 2. The SMILES string of the molecule is CCCCCCCCCC/C=C\CCCCCCCCCCCCCCCCCCCCCCCCCCCCCCCC(=O)OC(COC(=O)CCCCCCCCCCC)COC(OCC[N+](C)(C)C)C(=O)[O-]. The number of carboxylic acids is 1. The van der Waals surface area contributed by atoms with Crippen LogP contribution < -0.4 is 5.11 Å². The molecule has 0 saturated carbocycles. The van der Waals surface area contributed by atoms with Crippen LogP contribution >= 0.6 is 0 Å². The average Bonchev–Trinajstić information content (AvgIpc) is 3.38. The Morgan fingerprint density at radius 3 is 0.987 bits per heavy atom. The second-order valence-corrected chi connectivity index (χ2v) is 23.8. The molecule has 0 aromatic heterocycles. The van der Waals surface area contributed by atoms with Crippen LogP contribution in [0.4, 0.5) is 0 Å². The Hall–Kier alpha value is -1.97. The quantitative estimate of drug-likeness (QED) is 0.0195. The maximum Gasteiger partial charge on any atom is 0.306 e. The van der Waals surface area contributed by atoms with Gasteiger partial charge < -0.3 is 33.3 Å². The number of aliphatic carboxylic acids is 1. The first-order valence-corrected chi connectivity index (χ1v) is 32.8. The van der Waals surface area contributed by atoms with Gasteiger partial charge in [0, 0.05) is 12.8 Å². The fourth-order valence-corrected chi connectivity index (χ4v) is 9.95. The number of hydrogen-bond donors (Lipinski definition) is 0. The van der Waals surface area contributed by atoms with E-state index in [-0.39, 0.29) is 32.2 Å². The van der Waals surface area contributed by atoms with Gasteiger partial charge >= 0.3 is 11.9 Å².